The summed E-state index contributed by atoms with van der Waals surface area (Å²) in [6, 6.07) is 0. The van der Waals surface area contributed by atoms with Crippen LogP contribution in [-0.4, -0.2) is 29.6 Å². The maximum absolute atomic E-state index is 11.3. The van der Waals surface area contributed by atoms with Gasteiger partial charge in [0.05, 0.1) is 20.0 Å². The lowest BCUT2D eigenvalue weighted by molar-refractivity contribution is -0.671. The minimum absolute atomic E-state index is 0. The molecule has 0 saturated carbocycles. The second-order valence-electron chi connectivity index (χ2n) is 3.59. The van der Waals surface area contributed by atoms with E-state index < -0.39 is 0 Å². The molecule has 0 aliphatic heterocycles. The molecular formula is C10H18BrN5O2. The first-order valence-corrected chi connectivity index (χ1v) is 5.30. The average molecular weight is 320 g/mol. The van der Waals surface area contributed by atoms with Crippen LogP contribution in [0.4, 0.5) is 0 Å². The monoisotopic (exact) mass is 319 g/mol. The van der Waals surface area contributed by atoms with Crippen molar-refractivity contribution in [2.24, 2.45) is 23.5 Å². The van der Waals surface area contributed by atoms with Crippen LogP contribution in [0, 0.1) is 0 Å². The first-order chi connectivity index (χ1) is 8.08. The Labute approximate surface area is 116 Å². The summed E-state index contributed by atoms with van der Waals surface area (Å²) in [5, 5.41) is 0. The molecule has 0 unspecified atom stereocenters. The Bertz CT molecular complexity index is 401. The summed E-state index contributed by atoms with van der Waals surface area (Å²) in [6.45, 7) is 1.10. The zero-order chi connectivity index (χ0) is 12.7. The zero-order valence-electron chi connectivity index (χ0n) is 10.3. The van der Waals surface area contributed by atoms with Crippen LogP contribution in [0.15, 0.2) is 23.7 Å². The normalized spacial score (nSPS) is 9.39. The highest BCUT2D eigenvalue weighted by molar-refractivity contribution is 5.75. The van der Waals surface area contributed by atoms with Crippen molar-refractivity contribution in [3.05, 3.63) is 18.7 Å². The molecule has 18 heavy (non-hydrogen) atoms. The lowest BCUT2D eigenvalue weighted by Gasteiger charge is -2.01. The number of carbonyl (C=O) groups excluding carboxylic acids is 1. The number of rotatable bonds is 6. The van der Waals surface area contributed by atoms with Crippen molar-refractivity contribution in [3.8, 4) is 0 Å². The molecule has 4 N–H and O–H groups in total. The van der Waals surface area contributed by atoms with Gasteiger partial charge in [0.1, 0.15) is 25.5 Å². The molecule has 0 saturated heterocycles. The molecule has 1 rings (SSSR count). The molecule has 1 aromatic rings. The summed E-state index contributed by atoms with van der Waals surface area (Å²) in [5.41, 5.74) is 10.3. The first-order valence-electron chi connectivity index (χ1n) is 5.30. The molecule has 0 amide bonds. The third-order valence-corrected chi connectivity index (χ3v) is 2.05. The third-order valence-electron chi connectivity index (χ3n) is 2.05. The van der Waals surface area contributed by atoms with Crippen LogP contribution in [-0.2, 0) is 23.1 Å². The highest BCUT2D eigenvalue weighted by atomic mass is 79.9. The van der Waals surface area contributed by atoms with Crippen molar-refractivity contribution in [2.75, 3.05) is 13.2 Å². The second kappa shape index (κ2) is 8.51. The van der Waals surface area contributed by atoms with Crippen LogP contribution in [0.5, 0.6) is 0 Å². The fourth-order valence-electron chi connectivity index (χ4n) is 1.26. The van der Waals surface area contributed by atoms with Crippen molar-refractivity contribution in [2.45, 2.75) is 13.0 Å². The van der Waals surface area contributed by atoms with Gasteiger partial charge in [-0.15, -0.1) is 0 Å². The van der Waals surface area contributed by atoms with Crippen molar-refractivity contribution < 1.29 is 31.1 Å². The number of esters is 1. The second-order valence-corrected chi connectivity index (χ2v) is 3.59. The fraction of sp³-hybridized carbons (Fsp3) is 0.500. The van der Waals surface area contributed by atoms with Crippen molar-refractivity contribution in [1.29, 1.82) is 0 Å². The third kappa shape index (κ3) is 6.89. The van der Waals surface area contributed by atoms with E-state index in [-0.39, 0.29) is 35.5 Å². The number of hydrogen-bond donors (Lipinski definition) is 2. The van der Waals surface area contributed by atoms with Gasteiger partial charge in [-0.25, -0.2) is 9.13 Å². The van der Waals surface area contributed by atoms with E-state index in [4.69, 9.17) is 16.2 Å². The van der Waals surface area contributed by atoms with Crippen LogP contribution in [0.2, 0.25) is 0 Å². The molecule has 1 aromatic heterocycles. The molecule has 0 radical (unpaired) electrons. The molecule has 0 bridgehead atoms. The predicted molar refractivity (Wildman–Crippen MR) is 61.9 cm³/mol. The van der Waals surface area contributed by atoms with Gasteiger partial charge >= 0.3 is 5.97 Å². The molecule has 0 atom stereocenters. The van der Waals surface area contributed by atoms with E-state index in [1.807, 2.05) is 34.9 Å². The first kappa shape index (κ1) is 16.4. The van der Waals surface area contributed by atoms with Crippen molar-refractivity contribution in [3.63, 3.8) is 0 Å². The molecule has 1 heterocycles. The summed E-state index contributed by atoms with van der Waals surface area (Å²) in [5.74, 6) is -0.256. The van der Waals surface area contributed by atoms with Gasteiger partial charge in [-0.2, -0.15) is 0 Å². The Morgan fingerprint density at radius 3 is 2.78 bits per heavy atom. The number of nitrogens with zero attached hydrogens (tertiary/aromatic N) is 3. The molecular weight excluding hydrogens is 302 g/mol. The highest BCUT2D eigenvalue weighted by Crippen LogP contribution is 1.92. The van der Waals surface area contributed by atoms with Gasteiger partial charge in [0, 0.05) is 0 Å². The molecule has 8 heteroatoms. The lowest BCUT2D eigenvalue weighted by Crippen LogP contribution is -3.00. The number of imidazole rings is 1. The molecule has 0 aliphatic carbocycles. The van der Waals surface area contributed by atoms with Crippen LogP contribution in [0.1, 0.15) is 6.42 Å². The summed E-state index contributed by atoms with van der Waals surface area (Å²) in [6.07, 6.45) is 6.03. The quantitative estimate of drug-likeness (QED) is 0.181. The lowest BCUT2D eigenvalue weighted by atomic mass is 10.4. The van der Waals surface area contributed by atoms with Gasteiger partial charge in [0.2, 0.25) is 6.33 Å². The van der Waals surface area contributed by atoms with Crippen LogP contribution in [0.3, 0.4) is 0 Å². The van der Waals surface area contributed by atoms with Crippen molar-refractivity contribution in [1.82, 2.24) is 4.57 Å². The zero-order valence-corrected chi connectivity index (χ0v) is 11.8. The Balaban J connectivity index is 0.00000289. The number of aryl methyl sites for hydroxylation is 2. The Hall–Kier alpha value is -1.57. The van der Waals surface area contributed by atoms with Gasteiger partial charge in [0.25, 0.3) is 0 Å². The maximum atomic E-state index is 11.3. The Morgan fingerprint density at radius 2 is 2.22 bits per heavy atom. The minimum Gasteiger partial charge on any atom is -1.00 e. The number of hydrogen-bond acceptors (Lipinski definition) is 3. The molecule has 0 aromatic carbocycles. The molecule has 0 spiro atoms. The van der Waals surface area contributed by atoms with E-state index in [0.717, 1.165) is 0 Å². The molecule has 7 nitrogen and oxygen atoms in total. The fourth-order valence-corrected chi connectivity index (χ4v) is 1.26. The number of guanidine groups is 1. The van der Waals surface area contributed by atoms with Crippen LogP contribution < -0.4 is 33.0 Å². The summed E-state index contributed by atoms with van der Waals surface area (Å²) in [4.78, 5) is 15.0. The van der Waals surface area contributed by atoms with E-state index >= 15 is 0 Å². The van der Waals surface area contributed by atoms with Gasteiger partial charge in [-0.05, 0) is 0 Å². The Morgan fingerprint density at radius 1 is 1.50 bits per heavy atom. The maximum Gasteiger partial charge on any atom is 0.309 e. The topological polar surface area (TPSA) is 99.5 Å². The number of aliphatic imine (C=N–C) groups is 1. The average Bonchev–Trinajstić information content (AvgIpc) is 2.67. The van der Waals surface area contributed by atoms with E-state index in [2.05, 4.69) is 4.99 Å². The molecule has 0 aliphatic rings. The van der Waals surface area contributed by atoms with Crippen LogP contribution >= 0.6 is 0 Å². The predicted octanol–water partition coefficient (Wildman–Crippen LogP) is -4.48. The van der Waals surface area contributed by atoms with Crippen LogP contribution in [0.25, 0.3) is 0 Å². The van der Waals surface area contributed by atoms with Gasteiger partial charge in [-0.1, -0.05) is 0 Å². The molecule has 0 fully saturated rings. The number of aromatic nitrogens is 2. The van der Waals surface area contributed by atoms with E-state index in [1.54, 1.807) is 0 Å². The number of halogens is 1. The van der Waals surface area contributed by atoms with E-state index in [1.165, 1.54) is 0 Å². The van der Waals surface area contributed by atoms with Gasteiger partial charge in [0.15, 0.2) is 5.96 Å². The van der Waals surface area contributed by atoms with Crippen molar-refractivity contribution >= 4 is 11.9 Å². The number of nitrogens with two attached hydrogens (primary N) is 2. The smallest absolute Gasteiger partial charge is 0.309 e. The standard InChI is InChI=1S/C10H18N5O2.BrH/c1-14-5-6-15(8-14)4-2-9(16)17-7-3-13-10(11)12;/h5-6,8H,2-4,7H2,1H3,(H4,11,12,13);1H/q+1;/p-1. The van der Waals surface area contributed by atoms with Gasteiger partial charge < -0.3 is 33.2 Å². The minimum atomic E-state index is -0.257. The highest BCUT2D eigenvalue weighted by Gasteiger charge is 2.06. The molecule has 102 valence electrons. The SMILES string of the molecule is C[n+]1ccn(CCC(=O)OCCN=C(N)N)c1.[Br-]. The summed E-state index contributed by atoms with van der Waals surface area (Å²) >= 11 is 0. The number of carbonyl (C=O) groups is 1. The Kier molecular flexibility index (Phi) is 7.77. The van der Waals surface area contributed by atoms with Gasteiger partial charge in [-0.3, -0.25) is 9.79 Å². The summed E-state index contributed by atoms with van der Waals surface area (Å²) in [7, 11) is 1.92. The largest absolute Gasteiger partial charge is 1.00 e. The van der Waals surface area contributed by atoms with E-state index in [9.17, 15) is 4.79 Å². The van der Waals surface area contributed by atoms with E-state index in [0.29, 0.717) is 19.5 Å². The summed E-state index contributed by atoms with van der Waals surface area (Å²) < 4.78 is 8.76. The number of ether oxygens (including phenoxy) is 1.